The highest BCUT2D eigenvalue weighted by Gasteiger charge is 2.27. The summed E-state index contributed by atoms with van der Waals surface area (Å²) in [6, 6.07) is 24.6. The maximum Gasteiger partial charge on any atom is 0.248 e. The number of nitrogens with one attached hydrogen (secondary N) is 1. The lowest BCUT2D eigenvalue weighted by atomic mass is 10.1. The average molecular weight is 491 g/mol. The number of amides is 3. The molecule has 37 heavy (non-hydrogen) atoms. The van der Waals surface area contributed by atoms with E-state index in [0.717, 1.165) is 28.1 Å². The summed E-state index contributed by atoms with van der Waals surface area (Å²) in [4.78, 5) is 38.2. The maximum atomic E-state index is 12.7. The first-order valence-electron chi connectivity index (χ1n) is 12.1. The molecule has 1 aliphatic rings. The molecule has 1 aliphatic heterocycles. The number of rotatable bonds is 6. The van der Waals surface area contributed by atoms with E-state index < -0.39 is 0 Å². The molecule has 0 aliphatic carbocycles. The van der Waals surface area contributed by atoms with Crippen molar-refractivity contribution in [1.82, 2.24) is 9.78 Å². The van der Waals surface area contributed by atoms with Crippen molar-refractivity contribution < 1.29 is 14.4 Å². The van der Waals surface area contributed by atoms with Gasteiger partial charge >= 0.3 is 0 Å². The topological polar surface area (TPSA) is 84.3 Å². The van der Waals surface area contributed by atoms with Gasteiger partial charge in [0, 0.05) is 41.9 Å². The Bertz CT molecular complexity index is 1450. The summed E-state index contributed by atoms with van der Waals surface area (Å²) < 4.78 is 1.80. The van der Waals surface area contributed by atoms with Gasteiger partial charge in [0.05, 0.1) is 17.1 Å². The lowest BCUT2D eigenvalue weighted by Gasteiger charge is -2.24. The summed E-state index contributed by atoms with van der Waals surface area (Å²) in [5.74, 6) is -0.701. The largest absolute Gasteiger partial charge is 0.323 e. The van der Waals surface area contributed by atoms with Gasteiger partial charge in [0.25, 0.3) is 0 Å². The van der Waals surface area contributed by atoms with Gasteiger partial charge in [0.15, 0.2) is 0 Å². The van der Waals surface area contributed by atoms with E-state index in [0.29, 0.717) is 30.6 Å². The smallest absolute Gasteiger partial charge is 0.248 e. The number of para-hydroxylation sites is 1. The summed E-state index contributed by atoms with van der Waals surface area (Å²) in [7, 11) is 0. The standard InChI is InChI=1S/C30H26N4O3/c1-21-10-12-22(13-11-21)30-23(20-33(32-30)25-6-3-2-4-7-25)14-19-27(35)31-24-15-17-26(18-16-24)34-28(36)8-5-9-29(34)37/h2-4,6-7,10-20H,5,8-9H2,1H3,(H,31,35). The molecule has 0 radical (unpaired) electrons. The third-order valence-electron chi connectivity index (χ3n) is 6.18. The molecule has 7 heteroatoms. The minimum absolute atomic E-state index is 0.198. The minimum atomic E-state index is -0.305. The number of carbonyl (C=O) groups is 3. The number of hydrogen-bond acceptors (Lipinski definition) is 4. The van der Waals surface area contributed by atoms with E-state index in [1.165, 1.54) is 11.0 Å². The molecule has 0 atom stereocenters. The Hall–Kier alpha value is -4.78. The highest BCUT2D eigenvalue weighted by Crippen LogP contribution is 2.26. The Labute approximate surface area is 215 Å². The molecule has 3 amide bonds. The summed E-state index contributed by atoms with van der Waals surface area (Å²) in [6.07, 6.45) is 6.42. The number of nitrogens with zero attached hydrogens (tertiary/aromatic N) is 3. The van der Waals surface area contributed by atoms with Gasteiger partial charge in [-0.15, -0.1) is 0 Å². The Balaban J connectivity index is 1.34. The molecule has 0 saturated carbocycles. The van der Waals surface area contributed by atoms with Crippen LogP contribution >= 0.6 is 0 Å². The van der Waals surface area contributed by atoms with Crippen LogP contribution in [0.15, 0.2) is 91.1 Å². The zero-order chi connectivity index (χ0) is 25.8. The van der Waals surface area contributed by atoms with Crippen LogP contribution in [0.3, 0.4) is 0 Å². The monoisotopic (exact) mass is 490 g/mol. The molecule has 0 bridgehead atoms. The first-order chi connectivity index (χ1) is 18.0. The van der Waals surface area contributed by atoms with Crippen LogP contribution < -0.4 is 10.2 Å². The first kappa shape index (κ1) is 23.9. The molecular formula is C30H26N4O3. The van der Waals surface area contributed by atoms with Crippen molar-refractivity contribution >= 4 is 35.2 Å². The first-order valence-corrected chi connectivity index (χ1v) is 12.1. The van der Waals surface area contributed by atoms with Crippen LogP contribution in [0.25, 0.3) is 23.0 Å². The number of hydrogen-bond donors (Lipinski definition) is 1. The van der Waals surface area contributed by atoms with E-state index in [4.69, 9.17) is 5.10 Å². The molecule has 3 aromatic carbocycles. The zero-order valence-electron chi connectivity index (χ0n) is 20.4. The number of aromatic nitrogens is 2. The second kappa shape index (κ2) is 10.5. The van der Waals surface area contributed by atoms with Crippen LogP contribution in [0.1, 0.15) is 30.4 Å². The second-order valence-electron chi connectivity index (χ2n) is 8.93. The fraction of sp³-hybridized carbons (Fsp3) is 0.133. The summed E-state index contributed by atoms with van der Waals surface area (Å²) in [5.41, 5.74) is 5.69. The van der Waals surface area contributed by atoms with Gasteiger partial charge in [-0.05, 0) is 55.8 Å². The Morgan fingerprint density at radius 1 is 0.865 bits per heavy atom. The zero-order valence-corrected chi connectivity index (χ0v) is 20.4. The van der Waals surface area contributed by atoms with Crippen molar-refractivity contribution in [3.05, 3.63) is 102 Å². The van der Waals surface area contributed by atoms with Gasteiger partial charge in [0.2, 0.25) is 17.7 Å². The molecular weight excluding hydrogens is 464 g/mol. The van der Waals surface area contributed by atoms with Crippen LogP contribution in [-0.4, -0.2) is 27.5 Å². The van der Waals surface area contributed by atoms with Crippen molar-refractivity contribution in [1.29, 1.82) is 0 Å². The molecule has 7 nitrogen and oxygen atoms in total. The van der Waals surface area contributed by atoms with Crippen LogP contribution in [-0.2, 0) is 14.4 Å². The predicted molar refractivity (Wildman–Crippen MR) is 144 cm³/mol. The van der Waals surface area contributed by atoms with Gasteiger partial charge in [-0.1, -0.05) is 48.0 Å². The second-order valence-corrected chi connectivity index (χ2v) is 8.93. The molecule has 1 saturated heterocycles. The fourth-order valence-corrected chi connectivity index (χ4v) is 4.24. The number of benzene rings is 3. The van der Waals surface area contributed by atoms with Crippen molar-refractivity contribution in [2.75, 3.05) is 10.2 Å². The van der Waals surface area contributed by atoms with E-state index in [9.17, 15) is 14.4 Å². The number of carbonyl (C=O) groups excluding carboxylic acids is 3. The quantitative estimate of drug-likeness (QED) is 0.284. The maximum absolute atomic E-state index is 12.7. The molecule has 1 aromatic heterocycles. The van der Waals surface area contributed by atoms with E-state index in [1.54, 1.807) is 35.0 Å². The van der Waals surface area contributed by atoms with Crippen LogP contribution in [0, 0.1) is 6.92 Å². The third kappa shape index (κ3) is 5.41. The van der Waals surface area contributed by atoms with Crippen LogP contribution in [0.5, 0.6) is 0 Å². The SMILES string of the molecule is Cc1ccc(-c2nn(-c3ccccc3)cc2C=CC(=O)Nc2ccc(N3C(=O)CCCC3=O)cc2)cc1. The number of anilines is 2. The molecule has 1 fully saturated rings. The van der Waals surface area contributed by atoms with Gasteiger partial charge in [-0.3, -0.25) is 19.3 Å². The lowest BCUT2D eigenvalue weighted by Crippen LogP contribution is -2.40. The van der Waals surface area contributed by atoms with Crippen molar-refractivity contribution in [3.63, 3.8) is 0 Å². The van der Waals surface area contributed by atoms with E-state index in [-0.39, 0.29) is 17.7 Å². The summed E-state index contributed by atoms with van der Waals surface area (Å²) in [6.45, 7) is 2.03. The summed E-state index contributed by atoms with van der Waals surface area (Å²) >= 11 is 0. The normalized spacial score (nSPS) is 13.8. The van der Waals surface area contributed by atoms with Gasteiger partial charge in [-0.2, -0.15) is 5.10 Å². The molecule has 1 N–H and O–H groups in total. The van der Waals surface area contributed by atoms with Crippen molar-refractivity contribution in [2.45, 2.75) is 26.2 Å². The Morgan fingerprint density at radius 2 is 1.54 bits per heavy atom. The van der Waals surface area contributed by atoms with Crippen LogP contribution in [0.2, 0.25) is 0 Å². The highest BCUT2D eigenvalue weighted by atomic mass is 16.2. The van der Waals surface area contributed by atoms with E-state index in [1.807, 2.05) is 67.7 Å². The Kier molecular flexibility index (Phi) is 6.76. The fourth-order valence-electron chi connectivity index (χ4n) is 4.24. The highest BCUT2D eigenvalue weighted by molar-refractivity contribution is 6.16. The van der Waals surface area contributed by atoms with E-state index in [2.05, 4.69) is 5.32 Å². The number of aryl methyl sites for hydroxylation is 1. The molecule has 0 spiro atoms. The van der Waals surface area contributed by atoms with Gasteiger partial charge in [-0.25, -0.2) is 4.68 Å². The van der Waals surface area contributed by atoms with Gasteiger partial charge in [0.1, 0.15) is 0 Å². The summed E-state index contributed by atoms with van der Waals surface area (Å²) in [5, 5.41) is 7.61. The van der Waals surface area contributed by atoms with Crippen molar-refractivity contribution in [2.24, 2.45) is 0 Å². The Morgan fingerprint density at radius 3 is 2.22 bits per heavy atom. The molecule has 2 heterocycles. The molecule has 0 unspecified atom stereocenters. The number of piperidine rings is 1. The predicted octanol–water partition coefficient (Wildman–Crippen LogP) is 5.54. The lowest BCUT2D eigenvalue weighted by molar-refractivity contribution is -0.129. The van der Waals surface area contributed by atoms with Crippen LogP contribution in [0.4, 0.5) is 11.4 Å². The van der Waals surface area contributed by atoms with Gasteiger partial charge < -0.3 is 5.32 Å². The molecule has 4 aromatic rings. The molecule has 184 valence electrons. The number of imide groups is 1. The average Bonchev–Trinajstić information content (AvgIpc) is 3.34. The molecule has 5 rings (SSSR count). The minimum Gasteiger partial charge on any atom is -0.323 e. The third-order valence-corrected chi connectivity index (χ3v) is 6.18. The van der Waals surface area contributed by atoms with E-state index >= 15 is 0 Å². The van der Waals surface area contributed by atoms with Crippen molar-refractivity contribution in [3.8, 4) is 16.9 Å².